The number of aryl methyl sites for hydroxylation is 1. The number of para-hydroxylation sites is 1. The molecule has 1 fully saturated rings. The zero-order chi connectivity index (χ0) is 35.4. The fraction of sp³-hybridized carbons (Fsp3) is 0.514. The standard InChI is InChI=1S/C35H51N5O7Si/c1-23(2)21-30(34(44)38-29-15-10-7-11-16-29)39-33(43)28(19-18-27-13-8-6-9-14-27)22-48(46,47)25(4)37-32(42)24(3)36-35(45)31-17-12-20-40(31)26(5)41/h6-11,13-16,23-25,28,30-31,46-47H,12,17-22H2,1-5H3,(H,36,45)(H,37,42)(H,38,44)(H,39,43)/t24-,25+,28+,30-,31-/m0/s1. The van der Waals surface area contributed by atoms with Crippen LogP contribution in [0, 0.1) is 11.8 Å². The molecule has 2 aromatic rings. The van der Waals surface area contributed by atoms with Gasteiger partial charge in [-0.15, -0.1) is 0 Å². The first-order valence-corrected chi connectivity index (χ1v) is 18.9. The molecular formula is C35H51N5O7Si. The van der Waals surface area contributed by atoms with Crippen molar-refractivity contribution in [3.8, 4) is 0 Å². The van der Waals surface area contributed by atoms with Gasteiger partial charge in [-0.05, 0) is 69.6 Å². The number of benzene rings is 2. The summed E-state index contributed by atoms with van der Waals surface area (Å²) in [6, 6.07) is 15.6. The Morgan fingerprint density at radius 3 is 2.08 bits per heavy atom. The molecule has 48 heavy (non-hydrogen) atoms. The van der Waals surface area contributed by atoms with Crippen molar-refractivity contribution in [1.29, 1.82) is 0 Å². The highest BCUT2D eigenvalue weighted by molar-refractivity contribution is 6.66. The fourth-order valence-corrected chi connectivity index (χ4v) is 7.68. The van der Waals surface area contributed by atoms with Crippen molar-refractivity contribution in [2.24, 2.45) is 11.8 Å². The third-order valence-electron chi connectivity index (χ3n) is 8.69. The molecule has 0 radical (unpaired) electrons. The number of carbonyl (C=O) groups excluding carboxylic acids is 5. The second-order valence-corrected chi connectivity index (χ2v) is 16.2. The SMILES string of the molecule is CC(=O)N1CCC[C@H]1C(=O)N[C@@H](C)C(=O)N[C@@H](C)[Si](O)(O)C[C@@H](CCc1ccccc1)C(=O)N[C@@H](CC(C)C)C(=O)Nc1ccccc1. The van der Waals surface area contributed by atoms with E-state index in [-0.39, 0.29) is 30.2 Å². The van der Waals surface area contributed by atoms with Crippen LogP contribution >= 0.6 is 0 Å². The van der Waals surface area contributed by atoms with Crippen LogP contribution in [-0.2, 0) is 30.4 Å². The number of anilines is 1. The Kier molecular flexibility index (Phi) is 14.3. The summed E-state index contributed by atoms with van der Waals surface area (Å²) in [5.74, 6) is -2.92. The Labute approximate surface area is 284 Å². The molecule has 13 heteroatoms. The van der Waals surface area contributed by atoms with E-state index in [1.807, 2.05) is 50.2 Å². The molecule has 0 spiro atoms. The Morgan fingerprint density at radius 2 is 1.48 bits per heavy atom. The zero-order valence-corrected chi connectivity index (χ0v) is 29.6. The van der Waals surface area contributed by atoms with Gasteiger partial charge in [0.15, 0.2) is 0 Å². The van der Waals surface area contributed by atoms with Gasteiger partial charge in [-0.1, -0.05) is 62.4 Å². The lowest BCUT2D eigenvalue weighted by molar-refractivity contribution is -0.138. The van der Waals surface area contributed by atoms with Gasteiger partial charge in [0.25, 0.3) is 0 Å². The maximum absolute atomic E-state index is 13.8. The largest absolute Gasteiger partial charge is 0.409 e. The Hall–Kier alpha value is -4.07. The van der Waals surface area contributed by atoms with Crippen LogP contribution in [0.25, 0.3) is 0 Å². The second-order valence-electron chi connectivity index (χ2n) is 13.2. The molecule has 1 heterocycles. The quantitative estimate of drug-likeness (QED) is 0.147. The third kappa shape index (κ3) is 11.6. The number of nitrogens with one attached hydrogen (secondary N) is 4. The van der Waals surface area contributed by atoms with Crippen LogP contribution in [0.15, 0.2) is 60.7 Å². The third-order valence-corrected chi connectivity index (χ3v) is 11.3. The molecule has 3 rings (SSSR count). The van der Waals surface area contributed by atoms with Gasteiger partial charge in [-0.2, -0.15) is 0 Å². The van der Waals surface area contributed by atoms with Gasteiger partial charge >= 0.3 is 8.56 Å². The van der Waals surface area contributed by atoms with Gasteiger partial charge < -0.3 is 35.8 Å². The van der Waals surface area contributed by atoms with Crippen molar-refractivity contribution in [3.05, 3.63) is 66.2 Å². The van der Waals surface area contributed by atoms with Gasteiger partial charge in [-0.3, -0.25) is 24.0 Å². The lowest BCUT2D eigenvalue weighted by atomic mass is 9.98. The van der Waals surface area contributed by atoms with Gasteiger partial charge in [0.05, 0.1) is 5.67 Å². The van der Waals surface area contributed by atoms with Crippen LogP contribution in [0.4, 0.5) is 5.69 Å². The monoisotopic (exact) mass is 681 g/mol. The first-order valence-electron chi connectivity index (χ1n) is 16.7. The Bertz CT molecular complexity index is 1390. The number of rotatable bonds is 16. The topological polar surface area (TPSA) is 177 Å². The summed E-state index contributed by atoms with van der Waals surface area (Å²) < 4.78 is 0. The van der Waals surface area contributed by atoms with Crippen LogP contribution in [0.5, 0.6) is 0 Å². The predicted molar refractivity (Wildman–Crippen MR) is 185 cm³/mol. The molecule has 0 saturated carbocycles. The van der Waals surface area contributed by atoms with E-state index in [2.05, 4.69) is 21.3 Å². The van der Waals surface area contributed by atoms with Crippen molar-refractivity contribution in [2.45, 2.75) is 96.6 Å². The first-order chi connectivity index (χ1) is 22.7. The van der Waals surface area contributed by atoms with Gasteiger partial charge in [0, 0.05) is 31.1 Å². The first kappa shape index (κ1) is 38.4. The van der Waals surface area contributed by atoms with Crippen LogP contribution in [0.2, 0.25) is 6.04 Å². The number of carbonyl (C=O) groups is 5. The summed E-state index contributed by atoms with van der Waals surface area (Å²) in [7, 11) is -4.30. The van der Waals surface area contributed by atoms with Crippen LogP contribution in [0.3, 0.4) is 0 Å². The summed E-state index contributed by atoms with van der Waals surface area (Å²) in [6.45, 7) is 8.71. The van der Waals surface area contributed by atoms with Crippen LogP contribution < -0.4 is 21.3 Å². The van der Waals surface area contributed by atoms with E-state index in [4.69, 9.17) is 0 Å². The second kappa shape index (κ2) is 17.9. The number of nitrogens with zero attached hydrogens (tertiary/aromatic N) is 1. The highest BCUT2D eigenvalue weighted by atomic mass is 28.4. The number of likely N-dealkylation sites (tertiary alicyclic amines) is 1. The number of amides is 5. The summed E-state index contributed by atoms with van der Waals surface area (Å²) in [5, 5.41) is 11.0. The van der Waals surface area contributed by atoms with Gasteiger partial charge in [0.2, 0.25) is 29.5 Å². The van der Waals surface area contributed by atoms with Crippen molar-refractivity contribution >= 4 is 43.8 Å². The maximum atomic E-state index is 13.8. The summed E-state index contributed by atoms with van der Waals surface area (Å²) >= 11 is 0. The predicted octanol–water partition coefficient (Wildman–Crippen LogP) is 2.39. The summed E-state index contributed by atoms with van der Waals surface area (Å²) in [6.07, 6.45) is 2.32. The molecule has 0 aromatic heterocycles. The maximum Gasteiger partial charge on any atom is 0.356 e. The van der Waals surface area contributed by atoms with Crippen molar-refractivity contribution < 1.29 is 33.6 Å². The molecule has 6 N–H and O–H groups in total. The fourth-order valence-electron chi connectivity index (χ4n) is 5.84. The average Bonchev–Trinajstić information content (AvgIpc) is 3.54. The van der Waals surface area contributed by atoms with Crippen LogP contribution in [-0.4, -0.2) is 82.9 Å². The van der Waals surface area contributed by atoms with E-state index in [1.54, 1.807) is 24.3 Å². The number of hydrogen-bond acceptors (Lipinski definition) is 7. The van der Waals surface area contributed by atoms with E-state index in [9.17, 15) is 33.6 Å². The van der Waals surface area contributed by atoms with Gasteiger partial charge in [-0.25, -0.2) is 0 Å². The van der Waals surface area contributed by atoms with E-state index in [0.717, 1.165) is 5.56 Å². The van der Waals surface area contributed by atoms with Crippen LogP contribution in [0.1, 0.15) is 65.9 Å². The molecule has 0 bridgehead atoms. The Morgan fingerprint density at radius 1 is 0.854 bits per heavy atom. The highest BCUT2D eigenvalue weighted by Crippen LogP contribution is 2.23. The lowest BCUT2D eigenvalue weighted by Crippen LogP contribution is -2.60. The summed E-state index contributed by atoms with van der Waals surface area (Å²) in [5.41, 5.74) is 0.470. The molecule has 1 saturated heterocycles. The van der Waals surface area contributed by atoms with Crippen molar-refractivity contribution in [3.63, 3.8) is 0 Å². The smallest absolute Gasteiger partial charge is 0.356 e. The minimum Gasteiger partial charge on any atom is -0.409 e. The van der Waals surface area contributed by atoms with E-state index < -0.39 is 56.0 Å². The average molecular weight is 682 g/mol. The normalized spacial score (nSPS) is 17.2. The minimum absolute atomic E-state index is 0.0839. The van der Waals surface area contributed by atoms with Crippen molar-refractivity contribution in [2.75, 3.05) is 11.9 Å². The minimum atomic E-state index is -4.30. The van der Waals surface area contributed by atoms with Crippen molar-refractivity contribution in [1.82, 2.24) is 20.9 Å². The molecule has 5 amide bonds. The molecule has 0 unspecified atom stereocenters. The molecule has 262 valence electrons. The molecule has 12 nitrogen and oxygen atoms in total. The van der Waals surface area contributed by atoms with E-state index in [0.29, 0.717) is 37.9 Å². The van der Waals surface area contributed by atoms with E-state index in [1.165, 1.54) is 25.7 Å². The van der Waals surface area contributed by atoms with Gasteiger partial charge in [0.1, 0.15) is 18.1 Å². The van der Waals surface area contributed by atoms with E-state index >= 15 is 0 Å². The molecule has 5 atom stereocenters. The summed E-state index contributed by atoms with van der Waals surface area (Å²) in [4.78, 5) is 89.0. The molecule has 1 aliphatic heterocycles. The lowest BCUT2D eigenvalue weighted by Gasteiger charge is -2.31. The molecule has 2 aromatic carbocycles. The molecular weight excluding hydrogens is 630 g/mol. The zero-order valence-electron chi connectivity index (χ0n) is 28.6. The molecule has 0 aliphatic carbocycles. The number of hydrogen-bond donors (Lipinski definition) is 6. The molecule has 1 aliphatic rings. The Balaban J connectivity index is 1.70. The highest BCUT2D eigenvalue weighted by Gasteiger charge is 2.43.